The quantitative estimate of drug-likeness (QED) is 0.394. The second kappa shape index (κ2) is 12.7. The molecule has 0 heterocycles. The Morgan fingerprint density at radius 2 is 1.62 bits per heavy atom. The molecule has 37 heavy (non-hydrogen) atoms. The van der Waals surface area contributed by atoms with Crippen molar-refractivity contribution in [2.24, 2.45) is 0 Å². The average Bonchev–Trinajstić information content (AvgIpc) is 2.85. The summed E-state index contributed by atoms with van der Waals surface area (Å²) in [4.78, 5) is 28.4. The van der Waals surface area contributed by atoms with Gasteiger partial charge in [0.05, 0.1) is 11.9 Å². The van der Waals surface area contributed by atoms with Gasteiger partial charge in [0, 0.05) is 24.5 Å². The van der Waals surface area contributed by atoms with Crippen LogP contribution < -0.4 is 9.62 Å². The molecular weight excluding hydrogens is 517 g/mol. The number of carbonyl (C=O) groups excluding carboxylic acids is 2. The maximum Gasteiger partial charge on any atom is 0.244 e. The van der Waals surface area contributed by atoms with Crippen molar-refractivity contribution in [1.29, 1.82) is 0 Å². The first-order valence-corrected chi connectivity index (χ1v) is 13.9. The summed E-state index contributed by atoms with van der Waals surface area (Å²) < 4.78 is 39.7. The Morgan fingerprint density at radius 1 is 0.973 bits per heavy atom. The average molecular weight is 546 g/mol. The van der Waals surface area contributed by atoms with Gasteiger partial charge in [0.1, 0.15) is 18.4 Å². The molecule has 0 aliphatic carbocycles. The van der Waals surface area contributed by atoms with Crippen molar-refractivity contribution in [1.82, 2.24) is 10.2 Å². The molecule has 3 rings (SSSR count). The number of nitrogens with zero attached hydrogens (tertiary/aromatic N) is 2. The van der Waals surface area contributed by atoms with E-state index in [1.807, 2.05) is 30.3 Å². The minimum Gasteiger partial charge on any atom is -0.355 e. The van der Waals surface area contributed by atoms with Crippen LogP contribution in [0.4, 0.5) is 10.1 Å². The molecule has 1 atom stereocenters. The zero-order valence-electron chi connectivity index (χ0n) is 20.6. The molecule has 0 saturated heterocycles. The molecular formula is C27H29ClFN3O4S. The van der Waals surface area contributed by atoms with E-state index in [0.29, 0.717) is 17.1 Å². The molecule has 0 aliphatic heterocycles. The highest BCUT2D eigenvalue weighted by Crippen LogP contribution is 2.21. The number of likely N-dealkylation sites (N-methyl/N-ethyl adjacent to an activating group) is 1. The molecule has 2 amide bonds. The van der Waals surface area contributed by atoms with E-state index in [9.17, 15) is 22.4 Å². The van der Waals surface area contributed by atoms with Crippen molar-refractivity contribution in [2.45, 2.75) is 25.9 Å². The van der Waals surface area contributed by atoms with E-state index in [1.165, 1.54) is 17.0 Å². The van der Waals surface area contributed by atoms with E-state index < -0.39 is 34.3 Å². The second-order valence-corrected chi connectivity index (χ2v) is 10.8. The van der Waals surface area contributed by atoms with Crippen molar-refractivity contribution in [3.8, 4) is 0 Å². The summed E-state index contributed by atoms with van der Waals surface area (Å²) in [5, 5.41) is 3.25. The third kappa shape index (κ3) is 8.03. The highest BCUT2D eigenvalue weighted by atomic mass is 35.5. The van der Waals surface area contributed by atoms with Crippen molar-refractivity contribution in [3.63, 3.8) is 0 Å². The highest BCUT2D eigenvalue weighted by Gasteiger charge is 2.32. The van der Waals surface area contributed by atoms with E-state index in [1.54, 1.807) is 31.2 Å². The van der Waals surface area contributed by atoms with Crippen LogP contribution in [-0.2, 0) is 32.6 Å². The summed E-state index contributed by atoms with van der Waals surface area (Å²) in [5.74, 6) is -1.50. The third-order valence-corrected chi connectivity index (χ3v) is 7.03. The van der Waals surface area contributed by atoms with E-state index in [2.05, 4.69) is 5.32 Å². The molecule has 0 fully saturated rings. The Hall–Kier alpha value is -3.43. The zero-order valence-corrected chi connectivity index (χ0v) is 22.2. The number of halogens is 2. The van der Waals surface area contributed by atoms with Crippen molar-refractivity contribution < 1.29 is 22.4 Å². The van der Waals surface area contributed by atoms with Gasteiger partial charge in [-0.3, -0.25) is 13.9 Å². The lowest BCUT2D eigenvalue weighted by molar-refractivity contribution is -0.140. The van der Waals surface area contributed by atoms with Crippen molar-refractivity contribution in [3.05, 3.63) is 101 Å². The van der Waals surface area contributed by atoms with Crippen molar-refractivity contribution >= 4 is 39.1 Å². The Balaban J connectivity index is 2.03. The number of rotatable bonds is 11. The van der Waals surface area contributed by atoms with Gasteiger partial charge < -0.3 is 10.2 Å². The molecule has 3 aromatic carbocycles. The summed E-state index contributed by atoms with van der Waals surface area (Å²) in [7, 11) is -3.91. The van der Waals surface area contributed by atoms with Crippen LogP contribution in [0.1, 0.15) is 18.1 Å². The molecule has 0 aliphatic rings. The molecule has 0 spiro atoms. The molecule has 0 saturated carbocycles. The fraction of sp³-hybridized carbons (Fsp3) is 0.259. The van der Waals surface area contributed by atoms with Crippen molar-refractivity contribution in [2.75, 3.05) is 23.7 Å². The number of nitrogens with one attached hydrogen (secondary N) is 1. The predicted molar refractivity (Wildman–Crippen MR) is 143 cm³/mol. The van der Waals surface area contributed by atoms with E-state index in [0.717, 1.165) is 28.3 Å². The first-order valence-electron chi connectivity index (χ1n) is 11.7. The maximum atomic E-state index is 13.8. The van der Waals surface area contributed by atoms with Crippen LogP contribution in [0.3, 0.4) is 0 Å². The molecule has 1 unspecified atom stereocenters. The maximum absolute atomic E-state index is 13.8. The SMILES string of the molecule is CCNC(=O)C(Cc1ccccc1)N(Cc1cccc(Cl)c1)C(=O)CN(c1ccc(F)cc1)S(C)(=O)=O. The van der Waals surface area contributed by atoms with E-state index in [4.69, 9.17) is 11.6 Å². The molecule has 0 radical (unpaired) electrons. The topological polar surface area (TPSA) is 86.8 Å². The molecule has 7 nitrogen and oxygen atoms in total. The van der Waals surface area contributed by atoms with Gasteiger partial charge in [-0.1, -0.05) is 54.1 Å². The standard InChI is InChI=1S/C27H29ClFN3O4S/c1-3-30-27(34)25(17-20-8-5-4-6-9-20)31(18-21-10-7-11-22(28)16-21)26(33)19-32(37(2,35)36)24-14-12-23(29)13-15-24/h4-16,25H,3,17-19H2,1-2H3,(H,30,34). The molecule has 0 aromatic heterocycles. The van der Waals surface area contributed by atoms with Gasteiger partial charge >= 0.3 is 0 Å². The number of hydrogen-bond donors (Lipinski definition) is 1. The van der Waals surface area contributed by atoms with Crippen LogP contribution in [0.15, 0.2) is 78.9 Å². The normalized spacial score (nSPS) is 12.0. The Kier molecular flexibility index (Phi) is 9.66. The number of amides is 2. The minimum absolute atomic E-state index is 0.0229. The molecule has 0 bridgehead atoms. The Bertz CT molecular complexity index is 1320. The minimum atomic E-state index is -3.91. The summed E-state index contributed by atoms with van der Waals surface area (Å²) >= 11 is 6.17. The van der Waals surface area contributed by atoms with Crippen LogP contribution in [0.2, 0.25) is 5.02 Å². The smallest absolute Gasteiger partial charge is 0.244 e. The van der Waals surface area contributed by atoms with Crippen LogP contribution in [0.25, 0.3) is 0 Å². The molecule has 1 N–H and O–H groups in total. The van der Waals surface area contributed by atoms with Crippen LogP contribution in [0, 0.1) is 5.82 Å². The molecule has 10 heteroatoms. The fourth-order valence-electron chi connectivity index (χ4n) is 3.90. The summed E-state index contributed by atoms with van der Waals surface area (Å²) in [6.45, 7) is 1.58. The van der Waals surface area contributed by atoms with Crippen LogP contribution >= 0.6 is 11.6 Å². The van der Waals surface area contributed by atoms with Crippen LogP contribution in [0.5, 0.6) is 0 Å². The van der Waals surface area contributed by atoms with Gasteiger partial charge in [-0.2, -0.15) is 0 Å². The van der Waals surface area contributed by atoms with Gasteiger partial charge in [-0.15, -0.1) is 0 Å². The first-order chi connectivity index (χ1) is 17.6. The van der Waals surface area contributed by atoms with Gasteiger partial charge in [-0.25, -0.2) is 12.8 Å². The molecule has 196 valence electrons. The summed E-state index contributed by atoms with van der Waals surface area (Å²) in [6.07, 6.45) is 1.19. The molecule has 3 aromatic rings. The Labute approximate surface area is 221 Å². The first kappa shape index (κ1) is 28.1. The predicted octanol–water partition coefficient (Wildman–Crippen LogP) is 4.02. The Morgan fingerprint density at radius 3 is 2.22 bits per heavy atom. The third-order valence-electron chi connectivity index (χ3n) is 5.66. The highest BCUT2D eigenvalue weighted by molar-refractivity contribution is 7.92. The van der Waals surface area contributed by atoms with Gasteiger partial charge in [0.25, 0.3) is 0 Å². The number of hydrogen-bond acceptors (Lipinski definition) is 4. The van der Waals surface area contributed by atoms with Gasteiger partial charge in [0.15, 0.2) is 0 Å². The van der Waals surface area contributed by atoms with Gasteiger partial charge in [0.2, 0.25) is 21.8 Å². The monoisotopic (exact) mass is 545 g/mol. The van der Waals surface area contributed by atoms with Gasteiger partial charge in [-0.05, 0) is 54.4 Å². The lowest BCUT2D eigenvalue weighted by atomic mass is 10.0. The summed E-state index contributed by atoms with van der Waals surface area (Å²) in [5.41, 5.74) is 1.65. The number of benzene rings is 3. The van der Waals surface area contributed by atoms with Crippen LogP contribution in [-0.4, -0.2) is 50.5 Å². The number of sulfonamides is 1. The fourth-order valence-corrected chi connectivity index (χ4v) is 4.96. The van der Waals surface area contributed by atoms with E-state index in [-0.39, 0.29) is 24.6 Å². The lowest BCUT2D eigenvalue weighted by Gasteiger charge is -2.33. The summed E-state index contributed by atoms with van der Waals surface area (Å²) in [6, 6.07) is 20.0. The number of anilines is 1. The largest absolute Gasteiger partial charge is 0.355 e. The lowest BCUT2D eigenvalue weighted by Crippen LogP contribution is -2.53. The zero-order chi connectivity index (χ0) is 27.0. The second-order valence-electron chi connectivity index (χ2n) is 8.50. The number of carbonyl (C=O) groups is 2. The van der Waals surface area contributed by atoms with E-state index >= 15 is 0 Å².